The Balaban J connectivity index is 4.05. The first-order valence-electron chi connectivity index (χ1n) is 1.68. The van der Waals surface area contributed by atoms with Crippen LogP contribution in [0.1, 0.15) is 0 Å². The van der Waals surface area contributed by atoms with Crippen LogP contribution in [0.5, 0.6) is 0 Å². The second-order valence-electron chi connectivity index (χ2n) is 0.955. The summed E-state index contributed by atoms with van der Waals surface area (Å²) in [6, 6.07) is 0. The van der Waals surface area contributed by atoms with Crippen molar-refractivity contribution in [3.63, 3.8) is 0 Å². The van der Waals surface area contributed by atoms with E-state index in [-0.39, 0.29) is 0 Å². The lowest BCUT2D eigenvalue weighted by Gasteiger charge is -1.80. The number of nitrogens with zero attached hydrogens (tertiary/aromatic N) is 1. The topological polar surface area (TPSA) is 66.7 Å². The molecule has 0 aliphatic heterocycles. The summed E-state index contributed by atoms with van der Waals surface area (Å²) in [6.45, 7) is 2.92. The molecule has 0 spiro atoms. The molecule has 0 aliphatic rings. The highest BCUT2D eigenvalue weighted by molar-refractivity contribution is 5.86. The fourth-order valence-corrected chi connectivity index (χ4v) is 0.103. The molecule has 4 nitrogen and oxygen atoms in total. The van der Waals surface area contributed by atoms with Crippen LogP contribution in [0.4, 0.5) is 0 Å². The first kappa shape index (κ1) is 6.59. The van der Waals surface area contributed by atoms with E-state index in [1.54, 1.807) is 0 Å². The predicted molar refractivity (Wildman–Crippen MR) is 24.9 cm³/mol. The number of rotatable bonds is 2. The maximum Gasteiger partial charge on any atom is 0.354 e. The normalized spacial score (nSPS) is 7.00. The largest absolute Gasteiger partial charge is 0.477 e. The predicted octanol–water partition coefficient (Wildman–Crippen LogP) is -0.0795. The van der Waals surface area contributed by atoms with E-state index in [0.717, 1.165) is 6.08 Å². The molecule has 0 unspecified atom stereocenters. The van der Waals surface area contributed by atoms with Crippen LogP contribution in [0, 0.1) is 0 Å². The highest BCUT2D eigenvalue weighted by atomic mass is 16.4. The molecule has 0 radical (unpaired) electrons. The number of aliphatic imine (C=N–C) groups is 1. The van der Waals surface area contributed by atoms with Gasteiger partial charge in [-0.1, -0.05) is 6.58 Å². The molecule has 0 heterocycles. The van der Waals surface area contributed by atoms with E-state index in [0.29, 0.717) is 0 Å². The van der Waals surface area contributed by atoms with E-state index in [1.807, 2.05) is 0 Å². The van der Waals surface area contributed by atoms with Gasteiger partial charge in [0.15, 0.2) is 5.70 Å². The SMILES string of the molecule is C=C(N=C=O)C(=O)O. The molecular formula is C4H3NO3. The van der Waals surface area contributed by atoms with Gasteiger partial charge in [-0.05, 0) is 0 Å². The van der Waals surface area contributed by atoms with E-state index in [4.69, 9.17) is 5.11 Å². The van der Waals surface area contributed by atoms with Crippen molar-refractivity contribution in [2.75, 3.05) is 0 Å². The van der Waals surface area contributed by atoms with Gasteiger partial charge >= 0.3 is 5.97 Å². The Morgan fingerprint density at radius 1 is 1.75 bits per heavy atom. The van der Waals surface area contributed by atoms with Gasteiger partial charge in [-0.3, -0.25) is 0 Å². The van der Waals surface area contributed by atoms with Gasteiger partial charge in [-0.15, -0.1) is 0 Å². The number of carbonyl (C=O) groups excluding carboxylic acids is 1. The molecule has 0 aliphatic carbocycles. The van der Waals surface area contributed by atoms with Gasteiger partial charge in [-0.25, -0.2) is 9.59 Å². The average Bonchev–Trinajstić information content (AvgIpc) is 1.67. The minimum Gasteiger partial charge on any atom is -0.477 e. The van der Waals surface area contributed by atoms with Crippen LogP contribution in [0.15, 0.2) is 17.3 Å². The molecule has 0 fully saturated rings. The van der Waals surface area contributed by atoms with Gasteiger partial charge in [0.25, 0.3) is 0 Å². The molecule has 4 heteroatoms. The van der Waals surface area contributed by atoms with Gasteiger partial charge in [0.05, 0.1) is 0 Å². The summed E-state index contributed by atoms with van der Waals surface area (Å²) in [5.41, 5.74) is -0.500. The fraction of sp³-hybridized carbons (Fsp3) is 0. The van der Waals surface area contributed by atoms with Crippen molar-refractivity contribution >= 4 is 12.0 Å². The molecule has 0 rings (SSSR count). The van der Waals surface area contributed by atoms with E-state index < -0.39 is 11.7 Å². The molecule has 42 valence electrons. The lowest BCUT2D eigenvalue weighted by molar-refractivity contribution is -0.132. The molecule has 1 N–H and O–H groups in total. The molecule has 0 aromatic heterocycles. The van der Waals surface area contributed by atoms with Gasteiger partial charge in [0.2, 0.25) is 6.08 Å². The van der Waals surface area contributed by atoms with Crippen molar-refractivity contribution < 1.29 is 14.7 Å². The zero-order valence-corrected chi connectivity index (χ0v) is 3.92. The number of carboxylic acids is 1. The molecule has 0 aromatic carbocycles. The van der Waals surface area contributed by atoms with Crippen molar-refractivity contribution in [1.29, 1.82) is 0 Å². The van der Waals surface area contributed by atoms with E-state index in [1.165, 1.54) is 0 Å². The molecule has 0 saturated heterocycles. The number of hydrogen-bond donors (Lipinski definition) is 1. The third kappa shape index (κ3) is 1.89. The van der Waals surface area contributed by atoms with Gasteiger partial charge in [-0.2, -0.15) is 4.99 Å². The average molecular weight is 113 g/mol. The van der Waals surface area contributed by atoms with Gasteiger partial charge < -0.3 is 5.11 Å². The highest BCUT2D eigenvalue weighted by Gasteiger charge is 1.97. The lowest BCUT2D eigenvalue weighted by Crippen LogP contribution is -1.94. The number of carboxylic acid groups (broad SMARTS) is 1. The van der Waals surface area contributed by atoms with Crippen LogP contribution in [-0.2, 0) is 9.59 Å². The first-order chi connectivity index (χ1) is 3.68. The summed E-state index contributed by atoms with van der Waals surface area (Å²) < 4.78 is 0. The maximum absolute atomic E-state index is 9.72. The molecule has 0 aromatic rings. The van der Waals surface area contributed by atoms with Crippen LogP contribution in [0.2, 0.25) is 0 Å². The van der Waals surface area contributed by atoms with Crippen molar-refractivity contribution in [3.8, 4) is 0 Å². The van der Waals surface area contributed by atoms with Crippen molar-refractivity contribution in [2.45, 2.75) is 0 Å². The number of isocyanates is 1. The molecule has 0 bridgehead atoms. The molecule has 0 saturated carbocycles. The molecular weight excluding hydrogens is 110 g/mol. The monoisotopic (exact) mass is 113 g/mol. The smallest absolute Gasteiger partial charge is 0.354 e. The molecule has 0 atom stereocenters. The Kier molecular flexibility index (Phi) is 2.23. The van der Waals surface area contributed by atoms with Gasteiger partial charge in [0, 0.05) is 0 Å². The highest BCUT2D eigenvalue weighted by Crippen LogP contribution is 1.86. The van der Waals surface area contributed by atoms with Crippen molar-refractivity contribution in [3.05, 3.63) is 12.3 Å². The summed E-state index contributed by atoms with van der Waals surface area (Å²) in [7, 11) is 0. The van der Waals surface area contributed by atoms with E-state index >= 15 is 0 Å². The lowest BCUT2D eigenvalue weighted by atomic mass is 10.5. The van der Waals surface area contributed by atoms with Crippen molar-refractivity contribution in [1.82, 2.24) is 0 Å². The summed E-state index contributed by atoms with van der Waals surface area (Å²) in [5.74, 6) is -1.31. The minimum atomic E-state index is -1.31. The third-order valence-corrected chi connectivity index (χ3v) is 0.427. The maximum atomic E-state index is 9.72. The Morgan fingerprint density at radius 2 is 2.25 bits per heavy atom. The molecule has 8 heavy (non-hydrogen) atoms. The summed E-state index contributed by atoms with van der Waals surface area (Å²) in [5, 5.41) is 7.94. The van der Waals surface area contributed by atoms with Crippen LogP contribution in [-0.4, -0.2) is 17.2 Å². The van der Waals surface area contributed by atoms with Crippen molar-refractivity contribution in [2.24, 2.45) is 4.99 Å². The molecule has 0 amide bonds. The van der Waals surface area contributed by atoms with Crippen LogP contribution in [0.3, 0.4) is 0 Å². The summed E-state index contributed by atoms with van der Waals surface area (Å²) >= 11 is 0. The second kappa shape index (κ2) is 2.71. The van der Waals surface area contributed by atoms with Gasteiger partial charge in [0.1, 0.15) is 0 Å². The number of aliphatic carboxylic acids is 1. The van der Waals surface area contributed by atoms with Crippen LogP contribution in [0.25, 0.3) is 0 Å². The summed E-state index contributed by atoms with van der Waals surface area (Å²) in [4.78, 5) is 21.7. The first-order valence-corrected chi connectivity index (χ1v) is 1.68. The standard InChI is InChI=1S/C4H3NO3/c1-3(4(7)8)5-2-6/h1H2,(H,7,8). The Hall–Kier alpha value is -1.41. The summed E-state index contributed by atoms with van der Waals surface area (Å²) in [6.07, 6.45) is 1.04. The fourth-order valence-electron chi connectivity index (χ4n) is 0.103. The van der Waals surface area contributed by atoms with Crippen LogP contribution < -0.4 is 0 Å². The Labute approximate surface area is 45.2 Å². The minimum absolute atomic E-state index is 0.500. The van der Waals surface area contributed by atoms with E-state index in [2.05, 4.69) is 11.6 Å². The second-order valence-corrected chi connectivity index (χ2v) is 0.955. The number of carbonyl (C=O) groups is 1. The zero-order chi connectivity index (χ0) is 6.57. The Bertz CT molecular complexity index is 162. The Morgan fingerprint density at radius 3 is 2.38 bits per heavy atom. The van der Waals surface area contributed by atoms with Crippen LogP contribution >= 0.6 is 0 Å². The third-order valence-electron chi connectivity index (χ3n) is 0.427. The quantitative estimate of drug-likeness (QED) is 0.309. The number of hydrogen-bond acceptors (Lipinski definition) is 3. The zero-order valence-electron chi connectivity index (χ0n) is 3.92. The van der Waals surface area contributed by atoms with E-state index in [9.17, 15) is 9.59 Å².